The number of H-pyrrole nitrogens is 1. The number of pyridine rings is 1. The average molecular weight is 233 g/mol. The van der Waals surface area contributed by atoms with Gasteiger partial charge in [0.15, 0.2) is 0 Å². The Morgan fingerprint density at radius 3 is 2.83 bits per heavy atom. The summed E-state index contributed by atoms with van der Waals surface area (Å²) in [6, 6.07) is 1.20. The molecule has 64 valence electrons. The molecule has 1 rings (SSSR count). The van der Waals surface area contributed by atoms with Crippen LogP contribution in [0.25, 0.3) is 0 Å². The van der Waals surface area contributed by atoms with Crippen LogP contribution in [0.5, 0.6) is 0 Å². The van der Waals surface area contributed by atoms with Gasteiger partial charge in [0.2, 0.25) is 5.56 Å². The van der Waals surface area contributed by atoms with Gasteiger partial charge in [-0.15, -0.1) is 0 Å². The molecule has 0 spiro atoms. The molecule has 0 radical (unpaired) electrons. The minimum Gasteiger partial charge on any atom is -0.323 e. The second-order valence-electron chi connectivity index (χ2n) is 2.10. The van der Waals surface area contributed by atoms with Gasteiger partial charge in [-0.3, -0.25) is 14.9 Å². The zero-order valence-corrected chi connectivity index (χ0v) is 7.50. The molecule has 1 N–H and O–H groups in total. The van der Waals surface area contributed by atoms with Gasteiger partial charge in [-0.25, -0.2) is 0 Å². The van der Waals surface area contributed by atoms with Crippen molar-refractivity contribution in [3.05, 3.63) is 38.3 Å². The van der Waals surface area contributed by atoms with Gasteiger partial charge in [-0.1, -0.05) is 15.9 Å². The molecule has 0 bridgehead atoms. The molecule has 0 aliphatic carbocycles. The summed E-state index contributed by atoms with van der Waals surface area (Å²) in [5.41, 5.74) is -0.0368. The van der Waals surface area contributed by atoms with E-state index in [-0.39, 0.29) is 11.2 Å². The number of hydrogen-bond donors (Lipinski definition) is 1. The lowest BCUT2D eigenvalue weighted by Gasteiger charge is -1.95. The van der Waals surface area contributed by atoms with E-state index < -0.39 is 4.92 Å². The molecule has 0 saturated heterocycles. The highest BCUT2D eigenvalue weighted by atomic mass is 79.9. The number of alkyl halides is 1. The van der Waals surface area contributed by atoms with Crippen molar-refractivity contribution in [1.82, 2.24) is 4.98 Å². The molecule has 0 aliphatic heterocycles. The number of nitrogens with zero attached hydrogens (tertiary/aromatic N) is 1. The lowest BCUT2D eigenvalue weighted by molar-refractivity contribution is -0.385. The predicted octanol–water partition coefficient (Wildman–Crippen LogP) is 1.18. The zero-order chi connectivity index (χ0) is 9.14. The second kappa shape index (κ2) is 3.48. The molecule has 12 heavy (non-hydrogen) atoms. The van der Waals surface area contributed by atoms with Gasteiger partial charge in [0.25, 0.3) is 5.69 Å². The summed E-state index contributed by atoms with van der Waals surface area (Å²) in [4.78, 5) is 22.8. The van der Waals surface area contributed by atoms with Crippen LogP contribution in [-0.2, 0) is 5.33 Å². The van der Waals surface area contributed by atoms with Crippen LogP contribution < -0.4 is 5.56 Å². The van der Waals surface area contributed by atoms with Gasteiger partial charge >= 0.3 is 0 Å². The number of aromatic nitrogens is 1. The summed E-state index contributed by atoms with van der Waals surface area (Å²) in [5, 5.41) is 10.7. The Bertz CT molecular complexity index is 360. The Hall–Kier alpha value is -1.17. The van der Waals surface area contributed by atoms with Crippen molar-refractivity contribution in [1.29, 1.82) is 0 Å². The lowest BCUT2D eigenvalue weighted by atomic mass is 10.2. The highest BCUT2D eigenvalue weighted by Crippen LogP contribution is 2.16. The van der Waals surface area contributed by atoms with Crippen molar-refractivity contribution < 1.29 is 4.92 Å². The number of hydrogen-bond acceptors (Lipinski definition) is 3. The minimum absolute atomic E-state index is 0.0773. The smallest absolute Gasteiger partial charge is 0.289 e. The maximum absolute atomic E-state index is 10.7. The lowest BCUT2D eigenvalue weighted by Crippen LogP contribution is -2.06. The fraction of sp³-hybridized carbons (Fsp3) is 0.167. The number of halogens is 1. The quantitative estimate of drug-likeness (QED) is 0.473. The summed E-state index contributed by atoms with van der Waals surface area (Å²) >= 11 is 3.05. The van der Waals surface area contributed by atoms with E-state index >= 15 is 0 Å². The monoisotopic (exact) mass is 232 g/mol. The van der Waals surface area contributed by atoms with Gasteiger partial charge in [-0.05, 0) is 0 Å². The zero-order valence-electron chi connectivity index (χ0n) is 5.91. The van der Waals surface area contributed by atoms with E-state index in [9.17, 15) is 14.9 Å². The predicted molar refractivity (Wildman–Crippen MR) is 46.3 cm³/mol. The van der Waals surface area contributed by atoms with Crippen molar-refractivity contribution in [2.45, 2.75) is 5.33 Å². The standard InChI is InChI=1S/C6H5BrN2O3/c7-2-4-1-6(10)8-3-5(4)9(11)12/h1,3H,2H2,(H,8,10). The molecule has 0 unspecified atom stereocenters. The van der Waals surface area contributed by atoms with Gasteiger partial charge < -0.3 is 4.98 Å². The molecule has 1 heterocycles. The van der Waals surface area contributed by atoms with E-state index in [0.29, 0.717) is 10.9 Å². The van der Waals surface area contributed by atoms with Crippen molar-refractivity contribution in [3.63, 3.8) is 0 Å². The van der Waals surface area contributed by atoms with Crippen LogP contribution in [0.4, 0.5) is 5.69 Å². The third-order valence-electron chi connectivity index (χ3n) is 1.33. The first kappa shape index (κ1) is 8.92. The molecule has 6 heteroatoms. The fourth-order valence-corrected chi connectivity index (χ4v) is 1.23. The van der Waals surface area contributed by atoms with Crippen molar-refractivity contribution >= 4 is 21.6 Å². The van der Waals surface area contributed by atoms with Crippen LogP contribution in [-0.4, -0.2) is 9.91 Å². The topological polar surface area (TPSA) is 76.0 Å². The number of rotatable bonds is 2. The maximum Gasteiger partial charge on any atom is 0.289 e. The van der Waals surface area contributed by atoms with Crippen molar-refractivity contribution in [2.24, 2.45) is 0 Å². The van der Waals surface area contributed by atoms with E-state index in [1.54, 1.807) is 0 Å². The number of nitro groups is 1. The Morgan fingerprint density at radius 1 is 1.67 bits per heavy atom. The molecule has 0 aliphatic rings. The van der Waals surface area contributed by atoms with Gasteiger partial charge in [0, 0.05) is 17.0 Å². The summed E-state index contributed by atoms with van der Waals surface area (Å²) in [7, 11) is 0. The van der Waals surface area contributed by atoms with E-state index in [0.717, 1.165) is 6.20 Å². The van der Waals surface area contributed by atoms with Crippen molar-refractivity contribution in [3.8, 4) is 0 Å². The Labute approximate surface area is 75.7 Å². The minimum atomic E-state index is -0.535. The van der Waals surface area contributed by atoms with Crippen LogP contribution in [0.2, 0.25) is 0 Å². The molecule has 5 nitrogen and oxygen atoms in total. The van der Waals surface area contributed by atoms with Crippen molar-refractivity contribution in [2.75, 3.05) is 0 Å². The van der Waals surface area contributed by atoms with Gasteiger partial charge in [-0.2, -0.15) is 0 Å². The number of nitrogens with one attached hydrogen (secondary N) is 1. The first-order chi connectivity index (χ1) is 5.65. The third-order valence-corrected chi connectivity index (χ3v) is 1.93. The number of aromatic amines is 1. The molecule has 0 atom stereocenters. The molecular weight excluding hydrogens is 228 g/mol. The summed E-state index contributed by atoms with van der Waals surface area (Å²) in [5.74, 6) is 0. The molecule has 0 fully saturated rings. The van der Waals surface area contributed by atoms with E-state index in [1.165, 1.54) is 6.07 Å². The Kier molecular flexibility index (Phi) is 2.59. The molecular formula is C6H5BrN2O3. The Morgan fingerprint density at radius 2 is 2.33 bits per heavy atom. The summed E-state index contributed by atoms with van der Waals surface area (Å²) in [6.45, 7) is 0. The largest absolute Gasteiger partial charge is 0.323 e. The van der Waals surface area contributed by atoms with E-state index in [4.69, 9.17) is 0 Å². The highest BCUT2D eigenvalue weighted by Gasteiger charge is 2.12. The van der Waals surface area contributed by atoms with E-state index in [1.807, 2.05) is 0 Å². The molecule has 1 aromatic rings. The first-order valence-electron chi connectivity index (χ1n) is 3.07. The average Bonchev–Trinajstić information content (AvgIpc) is 2.03. The third kappa shape index (κ3) is 1.70. The van der Waals surface area contributed by atoms with Crippen LogP contribution in [0, 0.1) is 10.1 Å². The first-order valence-corrected chi connectivity index (χ1v) is 4.19. The normalized spacial score (nSPS) is 9.75. The second-order valence-corrected chi connectivity index (χ2v) is 2.66. The van der Waals surface area contributed by atoms with Crippen LogP contribution in [0.3, 0.4) is 0 Å². The summed E-state index contributed by atoms with van der Waals surface area (Å²) in [6.07, 6.45) is 1.10. The van der Waals surface area contributed by atoms with Gasteiger partial charge in [0.05, 0.1) is 11.1 Å². The van der Waals surface area contributed by atoms with Gasteiger partial charge in [0.1, 0.15) is 0 Å². The Balaban J connectivity index is 3.29. The molecule has 0 amide bonds. The SMILES string of the molecule is O=c1cc(CBr)c([N+](=O)[O-])c[nH]1. The van der Waals surface area contributed by atoms with Crippen LogP contribution in [0.1, 0.15) is 5.56 Å². The fourth-order valence-electron chi connectivity index (χ4n) is 0.783. The molecule has 0 aromatic carbocycles. The van der Waals surface area contributed by atoms with Crippen LogP contribution in [0.15, 0.2) is 17.1 Å². The summed E-state index contributed by atoms with van der Waals surface area (Å²) < 4.78 is 0. The molecule has 1 aromatic heterocycles. The van der Waals surface area contributed by atoms with Crippen LogP contribution >= 0.6 is 15.9 Å². The molecule has 0 saturated carbocycles. The maximum atomic E-state index is 10.7. The van der Waals surface area contributed by atoms with E-state index in [2.05, 4.69) is 20.9 Å². The highest BCUT2D eigenvalue weighted by molar-refractivity contribution is 9.08.